The van der Waals surface area contributed by atoms with E-state index in [2.05, 4.69) is 4.98 Å². The molecule has 3 heteroatoms. The number of hydrogen-bond acceptors (Lipinski definition) is 3. The van der Waals surface area contributed by atoms with Crippen molar-refractivity contribution in [3.63, 3.8) is 0 Å². The molecule has 0 aliphatic heterocycles. The first-order valence-electron chi connectivity index (χ1n) is 5.36. The summed E-state index contributed by atoms with van der Waals surface area (Å²) >= 11 is 0. The number of nitrogens with zero attached hydrogens (tertiary/aromatic N) is 2. The van der Waals surface area contributed by atoms with Crippen molar-refractivity contribution in [2.45, 2.75) is 13.2 Å². The van der Waals surface area contributed by atoms with Crippen LogP contribution < -0.4 is 0 Å². The zero-order chi connectivity index (χ0) is 11.9. The summed E-state index contributed by atoms with van der Waals surface area (Å²) in [4.78, 5) is 4.14. The van der Waals surface area contributed by atoms with Crippen LogP contribution in [0.3, 0.4) is 0 Å². The maximum Gasteiger partial charge on any atom is 0.140 e. The molecule has 0 amide bonds. The molecule has 0 bridgehead atoms. The standard InChI is InChI=1S/C14H12N2O/c15-9-13-7-4-8-14(16-13)11-17-10-12-5-2-1-3-6-12/h1-8H,10-11H2. The van der Waals surface area contributed by atoms with Gasteiger partial charge in [0.15, 0.2) is 0 Å². The molecular formula is C14H12N2O. The quantitative estimate of drug-likeness (QED) is 0.802. The molecule has 17 heavy (non-hydrogen) atoms. The molecule has 0 spiro atoms. The van der Waals surface area contributed by atoms with Crippen molar-refractivity contribution in [2.24, 2.45) is 0 Å². The highest BCUT2D eigenvalue weighted by Gasteiger charge is 1.97. The third-order valence-corrected chi connectivity index (χ3v) is 2.28. The van der Waals surface area contributed by atoms with Gasteiger partial charge in [-0.1, -0.05) is 36.4 Å². The van der Waals surface area contributed by atoms with Crippen molar-refractivity contribution >= 4 is 0 Å². The predicted molar refractivity (Wildman–Crippen MR) is 63.9 cm³/mol. The van der Waals surface area contributed by atoms with Crippen LogP contribution in [0.4, 0.5) is 0 Å². The number of nitriles is 1. The Morgan fingerprint density at radius 2 is 1.82 bits per heavy atom. The Balaban J connectivity index is 1.88. The van der Waals surface area contributed by atoms with Crippen LogP contribution in [-0.4, -0.2) is 4.98 Å². The van der Waals surface area contributed by atoms with Gasteiger partial charge >= 0.3 is 0 Å². The molecule has 0 radical (unpaired) electrons. The van der Waals surface area contributed by atoms with Crippen molar-refractivity contribution < 1.29 is 4.74 Å². The summed E-state index contributed by atoms with van der Waals surface area (Å²) in [5.74, 6) is 0. The maximum atomic E-state index is 8.71. The number of rotatable bonds is 4. The van der Waals surface area contributed by atoms with E-state index in [0.29, 0.717) is 18.9 Å². The Kier molecular flexibility index (Phi) is 3.85. The second kappa shape index (κ2) is 5.78. The van der Waals surface area contributed by atoms with E-state index in [-0.39, 0.29) is 0 Å². The van der Waals surface area contributed by atoms with Crippen LogP contribution in [0, 0.1) is 11.3 Å². The molecule has 2 aromatic rings. The smallest absolute Gasteiger partial charge is 0.140 e. The highest BCUT2D eigenvalue weighted by molar-refractivity contribution is 5.21. The van der Waals surface area contributed by atoms with Gasteiger partial charge in [-0.05, 0) is 17.7 Å². The van der Waals surface area contributed by atoms with Gasteiger partial charge in [-0.3, -0.25) is 0 Å². The average Bonchev–Trinajstić information content (AvgIpc) is 2.40. The van der Waals surface area contributed by atoms with Gasteiger partial charge in [0.1, 0.15) is 11.8 Å². The minimum Gasteiger partial charge on any atom is -0.370 e. The first kappa shape index (κ1) is 11.3. The number of pyridine rings is 1. The summed E-state index contributed by atoms with van der Waals surface area (Å²) in [7, 11) is 0. The van der Waals surface area contributed by atoms with Gasteiger partial charge in [0.25, 0.3) is 0 Å². The fourth-order valence-electron chi connectivity index (χ4n) is 1.47. The maximum absolute atomic E-state index is 8.71. The Hall–Kier alpha value is -2.18. The molecule has 2 rings (SSSR count). The van der Waals surface area contributed by atoms with Crippen molar-refractivity contribution in [1.29, 1.82) is 5.26 Å². The van der Waals surface area contributed by atoms with E-state index in [0.717, 1.165) is 11.3 Å². The average molecular weight is 224 g/mol. The van der Waals surface area contributed by atoms with Crippen molar-refractivity contribution in [3.05, 3.63) is 65.5 Å². The van der Waals surface area contributed by atoms with Gasteiger partial charge in [0.05, 0.1) is 18.9 Å². The second-order valence-electron chi connectivity index (χ2n) is 3.60. The molecule has 0 saturated heterocycles. The summed E-state index contributed by atoms with van der Waals surface area (Å²) in [6.45, 7) is 0.976. The Morgan fingerprint density at radius 3 is 2.59 bits per heavy atom. The molecule has 0 fully saturated rings. The highest BCUT2D eigenvalue weighted by atomic mass is 16.5. The Bertz CT molecular complexity index is 517. The van der Waals surface area contributed by atoms with Gasteiger partial charge < -0.3 is 4.74 Å². The summed E-state index contributed by atoms with van der Waals surface area (Å²) in [6.07, 6.45) is 0. The second-order valence-corrected chi connectivity index (χ2v) is 3.60. The third kappa shape index (κ3) is 3.40. The minimum atomic E-state index is 0.421. The first-order valence-corrected chi connectivity index (χ1v) is 5.36. The number of benzene rings is 1. The lowest BCUT2D eigenvalue weighted by molar-refractivity contribution is 0.104. The molecule has 0 aliphatic carbocycles. The number of hydrogen-bond donors (Lipinski definition) is 0. The molecule has 1 heterocycles. The molecule has 0 N–H and O–H groups in total. The van der Waals surface area contributed by atoms with E-state index in [4.69, 9.17) is 10.00 Å². The molecule has 0 saturated carbocycles. The van der Waals surface area contributed by atoms with Crippen molar-refractivity contribution in [1.82, 2.24) is 4.98 Å². The van der Waals surface area contributed by atoms with Gasteiger partial charge in [-0.25, -0.2) is 4.98 Å². The molecule has 0 unspecified atom stereocenters. The first-order chi connectivity index (χ1) is 8.38. The molecule has 1 aromatic carbocycles. The summed E-state index contributed by atoms with van der Waals surface area (Å²) in [5, 5.41) is 8.71. The van der Waals surface area contributed by atoms with E-state index in [9.17, 15) is 0 Å². The lowest BCUT2D eigenvalue weighted by Gasteiger charge is -2.03. The molecule has 1 aromatic heterocycles. The molecule has 0 atom stereocenters. The molecular weight excluding hydrogens is 212 g/mol. The molecule has 3 nitrogen and oxygen atoms in total. The Morgan fingerprint density at radius 1 is 1.00 bits per heavy atom. The molecule has 84 valence electrons. The highest BCUT2D eigenvalue weighted by Crippen LogP contribution is 2.04. The zero-order valence-electron chi connectivity index (χ0n) is 9.34. The number of aromatic nitrogens is 1. The van der Waals surface area contributed by atoms with Crippen LogP contribution in [-0.2, 0) is 18.0 Å². The summed E-state index contributed by atoms with van der Waals surface area (Å²) in [6, 6.07) is 17.3. The number of ether oxygens (including phenoxy) is 1. The monoisotopic (exact) mass is 224 g/mol. The van der Waals surface area contributed by atoms with Crippen molar-refractivity contribution in [3.8, 4) is 6.07 Å². The predicted octanol–water partition coefficient (Wildman–Crippen LogP) is 2.67. The van der Waals surface area contributed by atoms with Crippen LogP contribution in [0.5, 0.6) is 0 Å². The third-order valence-electron chi connectivity index (χ3n) is 2.28. The van der Waals surface area contributed by atoms with Crippen LogP contribution >= 0.6 is 0 Å². The van der Waals surface area contributed by atoms with E-state index in [1.54, 1.807) is 6.07 Å². The fraction of sp³-hybridized carbons (Fsp3) is 0.143. The van der Waals surface area contributed by atoms with E-state index < -0.39 is 0 Å². The van der Waals surface area contributed by atoms with Crippen LogP contribution in [0.25, 0.3) is 0 Å². The van der Waals surface area contributed by atoms with Crippen LogP contribution in [0.15, 0.2) is 48.5 Å². The van der Waals surface area contributed by atoms with E-state index in [1.807, 2.05) is 48.5 Å². The van der Waals surface area contributed by atoms with E-state index >= 15 is 0 Å². The summed E-state index contributed by atoms with van der Waals surface area (Å²) < 4.78 is 5.53. The summed E-state index contributed by atoms with van der Waals surface area (Å²) in [5.41, 5.74) is 2.33. The molecule has 0 aliphatic rings. The van der Waals surface area contributed by atoms with Gasteiger partial charge in [-0.2, -0.15) is 5.26 Å². The minimum absolute atomic E-state index is 0.421. The Labute approximate surface area is 100 Å². The van der Waals surface area contributed by atoms with Gasteiger partial charge in [0, 0.05) is 0 Å². The van der Waals surface area contributed by atoms with Gasteiger partial charge in [0.2, 0.25) is 0 Å². The SMILES string of the molecule is N#Cc1cccc(COCc2ccccc2)n1. The van der Waals surface area contributed by atoms with Gasteiger partial charge in [-0.15, -0.1) is 0 Å². The zero-order valence-corrected chi connectivity index (χ0v) is 9.34. The van der Waals surface area contributed by atoms with Crippen molar-refractivity contribution in [2.75, 3.05) is 0 Å². The lowest BCUT2D eigenvalue weighted by Crippen LogP contribution is -1.97. The van der Waals surface area contributed by atoms with Crippen LogP contribution in [0.1, 0.15) is 17.0 Å². The lowest BCUT2D eigenvalue weighted by atomic mass is 10.2. The normalized spacial score (nSPS) is 9.82. The van der Waals surface area contributed by atoms with E-state index in [1.165, 1.54) is 0 Å². The largest absolute Gasteiger partial charge is 0.370 e. The fourth-order valence-corrected chi connectivity index (χ4v) is 1.47. The van der Waals surface area contributed by atoms with Crippen LogP contribution in [0.2, 0.25) is 0 Å². The topological polar surface area (TPSA) is 45.9 Å².